The van der Waals surface area contributed by atoms with Crippen molar-refractivity contribution in [2.45, 2.75) is 38.3 Å². The molecule has 0 aromatic carbocycles. The van der Waals surface area contributed by atoms with Gasteiger partial charge in [0.1, 0.15) is 0 Å². The van der Waals surface area contributed by atoms with Gasteiger partial charge in [0.15, 0.2) is 0 Å². The van der Waals surface area contributed by atoms with E-state index in [1.165, 1.54) is 0 Å². The summed E-state index contributed by atoms with van der Waals surface area (Å²) in [6, 6.07) is 0. The number of likely N-dealkylation sites (N-methyl/N-ethyl adjacent to an activating group) is 1. The molecule has 0 aliphatic carbocycles. The molecule has 0 radical (unpaired) electrons. The number of carbonyl (C=O) groups is 1. The lowest BCUT2D eigenvalue weighted by molar-refractivity contribution is -0.135. The molecule has 1 unspecified atom stereocenters. The number of ether oxygens (including phenoxy) is 1. The van der Waals surface area contributed by atoms with Gasteiger partial charge in [-0.1, -0.05) is 0 Å². The van der Waals surface area contributed by atoms with Crippen molar-refractivity contribution in [3.8, 4) is 0 Å². The molecular formula is C10H21ClN2O2. The van der Waals surface area contributed by atoms with Crippen LogP contribution in [0.2, 0.25) is 0 Å². The Morgan fingerprint density at radius 3 is 2.60 bits per heavy atom. The molecule has 0 aromatic rings. The number of rotatable bonds is 3. The van der Waals surface area contributed by atoms with Crippen molar-refractivity contribution in [2.75, 3.05) is 20.2 Å². The van der Waals surface area contributed by atoms with E-state index in [-0.39, 0.29) is 24.4 Å². The van der Waals surface area contributed by atoms with Crippen molar-refractivity contribution in [1.82, 2.24) is 4.90 Å². The van der Waals surface area contributed by atoms with Crippen LogP contribution in [-0.4, -0.2) is 42.6 Å². The molecule has 0 bridgehead atoms. The van der Waals surface area contributed by atoms with E-state index < -0.39 is 5.54 Å². The summed E-state index contributed by atoms with van der Waals surface area (Å²) < 4.78 is 5.45. The van der Waals surface area contributed by atoms with E-state index in [1.807, 2.05) is 0 Å². The van der Waals surface area contributed by atoms with Gasteiger partial charge in [0.05, 0.1) is 11.6 Å². The second-order valence-corrected chi connectivity index (χ2v) is 4.54. The van der Waals surface area contributed by atoms with Crippen LogP contribution in [0.5, 0.6) is 0 Å². The highest BCUT2D eigenvalue weighted by Gasteiger charge is 2.28. The molecule has 1 aliphatic heterocycles. The SMILES string of the molecule is CN(CC1CCCO1)C(=O)C(C)(C)N.Cl. The van der Waals surface area contributed by atoms with Crippen LogP contribution in [0.25, 0.3) is 0 Å². The van der Waals surface area contributed by atoms with Gasteiger partial charge >= 0.3 is 0 Å². The van der Waals surface area contributed by atoms with Gasteiger partial charge in [0.2, 0.25) is 5.91 Å². The zero-order chi connectivity index (χ0) is 10.8. The monoisotopic (exact) mass is 236 g/mol. The topological polar surface area (TPSA) is 55.6 Å². The van der Waals surface area contributed by atoms with Gasteiger partial charge in [-0.3, -0.25) is 4.79 Å². The molecule has 1 amide bonds. The van der Waals surface area contributed by atoms with Crippen molar-refractivity contribution in [3.63, 3.8) is 0 Å². The number of halogens is 1. The summed E-state index contributed by atoms with van der Waals surface area (Å²) in [5.41, 5.74) is 4.94. The van der Waals surface area contributed by atoms with E-state index in [0.717, 1.165) is 19.4 Å². The van der Waals surface area contributed by atoms with Gasteiger partial charge in [-0.25, -0.2) is 0 Å². The number of hydrogen-bond acceptors (Lipinski definition) is 3. The Morgan fingerprint density at radius 1 is 1.60 bits per heavy atom. The Morgan fingerprint density at radius 2 is 2.20 bits per heavy atom. The normalized spacial score (nSPS) is 20.9. The first kappa shape index (κ1) is 14.7. The molecule has 4 nitrogen and oxygen atoms in total. The summed E-state index contributed by atoms with van der Waals surface area (Å²) in [7, 11) is 1.78. The van der Waals surface area contributed by atoms with E-state index in [0.29, 0.717) is 6.54 Å². The van der Waals surface area contributed by atoms with Gasteiger partial charge < -0.3 is 15.4 Å². The molecule has 2 N–H and O–H groups in total. The van der Waals surface area contributed by atoms with Crippen LogP contribution in [0.1, 0.15) is 26.7 Å². The summed E-state index contributed by atoms with van der Waals surface area (Å²) in [4.78, 5) is 13.4. The number of carbonyl (C=O) groups excluding carboxylic acids is 1. The van der Waals surface area contributed by atoms with E-state index in [9.17, 15) is 4.79 Å². The Kier molecular flexibility index (Phi) is 5.56. The molecule has 0 spiro atoms. The number of amides is 1. The van der Waals surface area contributed by atoms with Crippen LogP contribution in [0.3, 0.4) is 0 Å². The van der Waals surface area contributed by atoms with Crippen molar-refractivity contribution in [1.29, 1.82) is 0 Å². The lowest BCUT2D eigenvalue weighted by atomic mass is 10.1. The van der Waals surface area contributed by atoms with E-state index in [4.69, 9.17) is 10.5 Å². The Bertz CT molecular complexity index is 210. The van der Waals surface area contributed by atoms with Crippen molar-refractivity contribution in [2.24, 2.45) is 5.73 Å². The quantitative estimate of drug-likeness (QED) is 0.788. The smallest absolute Gasteiger partial charge is 0.241 e. The van der Waals surface area contributed by atoms with Gasteiger partial charge in [-0.05, 0) is 26.7 Å². The van der Waals surface area contributed by atoms with Crippen LogP contribution in [0, 0.1) is 0 Å². The fourth-order valence-corrected chi connectivity index (χ4v) is 1.67. The summed E-state index contributed by atoms with van der Waals surface area (Å²) in [6.45, 7) is 4.92. The van der Waals surface area contributed by atoms with E-state index >= 15 is 0 Å². The highest BCUT2D eigenvalue weighted by Crippen LogP contribution is 2.14. The molecule has 5 heteroatoms. The number of nitrogens with two attached hydrogens (primary N) is 1. The maximum atomic E-state index is 11.7. The first-order chi connectivity index (χ1) is 6.41. The summed E-state index contributed by atoms with van der Waals surface area (Å²) in [6.07, 6.45) is 2.34. The molecular weight excluding hydrogens is 216 g/mol. The largest absolute Gasteiger partial charge is 0.376 e. The zero-order valence-corrected chi connectivity index (χ0v) is 10.5. The van der Waals surface area contributed by atoms with Crippen LogP contribution in [-0.2, 0) is 9.53 Å². The summed E-state index contributed by atoms with van der Waals surface area (Å²) in [5.74, 6) is -0.0343. The minimum absolute atomic E-state index is 0. The van der Waals surface area contributed by atoms with Gasteiger partial charge in [-0.15, -0.1) is 12.4 Å². The summed E-state index contributed by atoms with van der Waals surface area (Å²) >= 11 is 0. The number of nitrogens with zero attached hydrogens (tertiary/aromatic N) is 1. The van der Waals surface area contributed by atoms with Crippen molar-refractivity contribution in [3.05, 3.63) is 0 Å². The highest BCUT2D eigenvalue weighted by molar-refractivity contribution is 5.85. The minimum atomic E-state index is -0.784. The average molecular weight is 237 g/mol. The number of hydrogen-bond donors (Lipinski definition) is 1. The van der Waals surface area contributed by atoms with E-state index in [1.54, 1.807) is 25.8 Å². The fraction of sp³-hybridized carbons (Fsp3) is 0.900. The lowest BCUT2D eigenvalue weighted by Crippen LogP contribution is -2.51. The lowest BCUT2D eigenvalue weighted by Gasteiger charge is -2.27. The molecule has 90 valence electrons. The van der Waals surface area contributed by atoms with Crippen molar-refractivity contribution < 1.29 is 9.53 Å². The zero-order valence-electron chi connectivity index (χ0n) is 9.66. The van der Waals surface area contributed by atoms with Crippen LogP contribution >= 0.6 is 12.4 Å². The first-order valence-corrected chi connectivity index (χ1v) is 5.07. The van der Waals surface area contributed by atoms with Crippen molar-refractivity contribution >= 4 is 18.3 Å². The van der Waals surface area contributed by atoms with Gasteiger partial charge in [0, 0.05) is 20.2 Å². The Hall–Kier alpha value is -0.320. The maximum Gasteiger partial charge on any atom is 0.241 e. The second-order valence-electron chi connectivity index (χ2n) is 4.54. The summed E-state index contributed by atoms with van der Waals surface area (Å²) in [5, 5.41) is 0. The highest BCUT2D eigenvalue weighted by atomic mass is 35.5. The predicted molar refractivity (Wildman–Crippen MR) is 62.1 cm³/mol. The van der Waals surface area contributed by atoms with Gasteiger partial charge in [0.25, 0.3) is 0 Å². The third kappa shape index (κ3) is 4.36. The molecule has 1 atom stereocenters. The molecule has 1 aliphatic rings. The standard InChI is InChI=1S/C10H20N2O2.ClH/c1-10(2,11)9(13)12(3)7-8-5-4-6-14-8;/h8H,4-7,11H2,1-3H3;1H. The molecule has 1 rings (SSSR count). The van der Waals surface area contributed by atoms with Crippen LogP contribution in [0.4, 0.5) is 0 Å². The fourth-order valence-electron chi connectivity index (χ4n) is 1.67. The van der Waals surface area contributed by atoms with Crippen LogP contribution < -0.4 is 5.73 Å². The maximum absolute atomic E-state index is 11.7. The second kappa shape index (κ2) is 5.68. The molecule has 0 saturated carbocycles. The van der Waals surface area contributed by atoms with Gasteiger partial charge in [-0.2, -0.15) is 0 Å². The molecule has 15 heavy (non-hydrogen) atoms. The molecule has 1 fully saturated rings. The minimum Gasteiger partial charge on any atom is -0.376 e. The van der Waals surface area contributed by atoms with E-state index in [2.05, 4.69) is 0 Å². The Labute approximate surface area is 97.5 Å². The third-order valence-corrected chi connectivity index (χ3v) is 2.40. The Balaban J connectivity index is 0.00000196. The first-order valence-electron chi connectivity index (χ1n) is 5.07. The average Bonchev–Trinajstić information content (AvgIpc) is 2.53. The molecule has 0 aromatic heterocycles. The molecule has 1 saturated heterocycles. The molecule has 1 heterocycles. The third-order valence-electron chi connectivity index (χ3n) is 2.40. The van der Waals surface area contributed by atoms with Crippen LogP contribution in [0.15, 0.2) is 0 Å². The predicted octanol–water partition coefficient (Wildman–Crippen LogP) is 0.783.